The number of carboxylic acid groups (broad SMARTS) is 1. The fourth-order valence-corrected chi connectivity index (χ4v) is 1.22. The van der Waals surface area contributed by atoms with E-state index in [1.165, 1.54) is 0 Å². The molecule has 1 aromatic carbocycles. The van der Waals surface area contributed by atoms with Gasteiger partial charge in [-0.1, -0.05) is 15.9 Å². The van der Waals surface area contributed by atoms with E-state index in [-0.39, 0.29) is 0 Å². The number of carboxylic acids is 1. The lowest BCUT2D eigenvalue weighted by Gasteiger charge is -2.06. The van der Waals surface area contributed by atoms with Gasteiger partial charge in [-0.25, -0.2) is 13.2 Å². The van der Waals surface area contributed by atoms with E-state index in [1.807, 2.05) is 0 Å². The lowest BCUT2D eigenvalue weighted by Crippen LogP contribution is -2.07. The smallest absolute Gasteiger partial charge is 0.321 e. The van der Waals surface area contributed by atoms with Crippen molar-refractivity contribution < 1.29 is 23.1 Å². The molecule has 0 heterocycles. The maximum Gasteiger partial charge on any atom is 0.321 e. The van der Waals surface area contributed by atoms with Gasteiger partial charge in [-0.2, -0.15) is 0 Å². The molecule has 0 saturated carbocycles. The van der Waals surface area contributed by atoms with Crippen LogP contribution in [-0.2, 0) is 4.79 Å². The van der Waals surface area contributed by atoms with E-state index in [1.54, 1.807) is 0 Å². The van der Waals surface area contributed by atoms with Crippen LogP contribution in [0.3, 0.4) is 0 Å². The van der Waals surface area contributed by atoms with Crippen molar-refractivity contribution in [2.75, 3.05) is 0 Å². The molecule has 0 amide bonds. The predicted molar refractivity (Wildman–Crippen MR) is 45.6 cm³/mol. The van der Waals surface area contributed by atoms with Crippen molar-refractivity contribution >= 4 is 21.9 Å². The number of hydrogen-bond acceptors (Lipinski definition) is 1. The molecule has 2 nitrogen and oxygen atoms in total. The Hall–Kier alpha value is -1.04. The van der Waals surface area contributed by atoms with Crippen LogP contribution in [0.5, 0.6) is 0 Å². The second-order valence-corrected chi connectivity index (χ2v) is 3.40. The summed E-state index contributed by atoms with van der Waals surface area (Å²) < 4.78 is 38.0. The zero-order chi connectivity index (χ0) is 10.9. The molecule has 1 rings (SSSR count). The van der Waals surface area contributed by atoms with Crippen LogP contribution in [0, 0.1) is 17.5 Å². The van der Waals surface area contributed by atoms with Gasteiger partial charge in [0.2, 0.25) is 0 Å². The van der Waals surface area contributed by atoms with Crippen LogP contribution in [0.4, 0.5) is 13.2 Å². The van der Waals surface area contributed by atoms with Crippen LogP contribution < -0.4 is 0 Å². The van der Waals surface area contributed by atoms with Gasteiger partial charge in [0.1, 0.15) is 10.6 Å². The van der Waals surface area contributed by atoms with Crippen molar-refractivity contribution in [3.05, 3.63) is 35.1 Å². The fraction of sp³-hybridized carbons (Fsp3) is 0.125. The molecule has 14 heavy (non-hydrogen) atoms. The summed E-state index contributed by atoms with van der Waals surface area (Å²) in [4.78, 5) is 9.03. The number of halogens is 4. The molecule has 1 atom stereocenters. The number of carbonyl (C=O) groups is 1. The van der Waals surface area contributed by atoms with Gasteiger partial charge in [0, 0.05) is 11.6 Å². The molecular weight excluding hydrogens is 265 g/mol. The molecule has 0 saturated heterocycles. The van der Waals surface area contributed by atoms with Gasteiger partial charge in [-0.05, 0) is 6.07 Å². The molecule has 0 radical (unpaired) electrons. The number of benzene rings is 1. The Kier molecular flexibility index (Phi) is 3.15. The minimum Gasteiger partial charge on any atom is -0.480 e. The molecule has 0 fully saturated rings. The quantitative estimate of drug-likeness (QED) is 0.662. The normalized spacial score (nSPS) is 12.6. The molecule has 0 aromatic heterocycles. The molecule has 76 valence electrons. The van der Waals surface area contributed by atoms with Crippen LogP contribution >= 0.6 is 15.9 Å². The van der Waals surface area contributed by atoms with Crippen molar-refractivity contribution in [2.24, 2.45) is 0 Å². The number of rotatable bonds is 2. The Morgan fingerprint density at radius 1 is 1.21 bits per heavy atom. The first-order valence-electron chi connectivity index (χ1n) is 3.44. The minimum absolute atomic E-state index is 0.307. The molecule has 1 unspecified atom stereocenters. The first kappa shape index (κ1) is 11.0. The van der Waals surface area contributed by atoms with Gasteiger partial charge >= 0.3 is 5.97 Å². The van der Waals surface area contributed by atoms with Gasteiger partial charge in [0.25, 0.3) is 0 Å². The third-order valence-corrected chi connectivity index (χ3v) is 2.41. The Morgan fingerprint density at radius 3 is 2.21 bits per heavy atom. The van der Waals surface area contributed by atoms with Crippen molar-refractivity contribution in [2.45, 2.75) is 4.83 Å². The van der Waals surface area contributed by atoms with Crippen LogP contribution in [0.25, 0.3) is 0 Å². The van der Waals surface area contributed by atoms with Crippen molar-refractivity contribution in [1.29, 1.82) is 0 Å². The number of aliphatic carboxylic acids is 1. The zero-order valence-corrected chi connectivity index (χ0v) is 8.19. The Bertz CT molecular complexity index is 381. The van der Waals surface area contributed by atoms with E-state index < -0.39 is 33.8 Å². The molecule has 1 aromatic rings. The molecule has 0 bridgehead atoms. The predicted octanol–water partition coefficient (Wildman–Crippen LogP) is 2.62. The average molecular weight is 269 g/mol. The van der Waals surface area contributed by atoms with E-state index >= 15 is 0 Å². The summed E-state index contributed by atoms with van der Waals surface area (Å²) in [6.45, 7) is 0. The molecule has 0 aliphatic heterocycles. The van der Waals surface area contributed by atoms with Crippen molar-refractivity contribution in [1.82, 2.24) is 0 Å². The highest BCUT2D eigenvalue weighted by molar-refractivity contribution is 9.09. The van der Waals surface area contributed by atoms with E-state index in [9.17, 15) is 18.0 Å². The van der Waals surface area contributed by atoms with Crippen molar-refractivity contribution in [3.8, 4) is 0 Å². The zero-order valence-electron chi connectivity index (χ0n) is 6.60. The standard InChI is InChI=1S/C8H4BrF3O2/c9-7(8(13)14)3-1-5(11)6(12)2-4(3)10/h1-2,7H,(H,13,14). The minimum atomic E-state index is -1.39. The molecule has 0 aliphatic rings. The maximum atomic E-state index is 12.9. The molecular formula is C8H4BrF3O2. The van der Waals surface area contributed by atoms with Crippen LogP contribution in [0.15, 0.2) is 12.1 Å². The molecule has 0 aliphatic carbocycles. The van der Waals surface area contributed by atoms with Gasteiger partial charge in [-0.15, -0.1) is 0 Å². The second kappa shape index (κ2) is 4.00. The summed E-state index contributed by atoms with van der Waals surface area (Å²) >= 11 is 2.63. The highest BCUT2D eigenvalue weighted by Crippen LogP contribution is 2.27. The topological polar surface area (TPSA) is 37.3 Å². The van der Waals surface area contributed by atoms with Crippen LogP contribution in [0.1, 0.15) is 10.4 Å². The third kappa shape index (κ3) is 2.06. The largest absolute Gasteiger partial charge is 0.480 e. The lowest BCUT2D eigenvalue weighted by atomic mass is 10.1. The van der Waals surface area contributed by atoms with Gasteiger partial charge in [0.15, 0.2) is 11.6 Å². The first-order valence-corrected chi connectivity index (χ1v) is 4.36. The van der Waals surface area contributed by atoms with Crippen LogP contribution in [0.2, 0.25) is 0 Å². The SMILES string of the molecule is O=C(O)C(Br)c1cc(F)c(F)cc1F. The summed E-state index contributed by atoms with van der Waals surface area (Å²) in [5, 5.41) is 8.49. The number of alkyl halides is 1. The van der Waals surface area contributed by atoms with E-state index in [2.05, 4.69) is 15.9 Å². The van der Waals surface area contributed by atoms with Crippen LogP contribution in [-0.4, -0.2) is 11.1 Å². The monoisotopic (exact) mass is 268 g/mol. The lowest BCUT2D eigenvalue weighted by molar-refractivity contribution is -0.136. The first-order chi connectivity index (χ1) is 6.43. The number of hydrogen-bond donors (Lipinski definition) is 1. The third-order valence-electron chi connectivity index (χ3n) is 1.53. The van der Waals surface area contributed by atoms with E-state index in [0.29, 0.717) is 12.1 Å². The summed E-state index contributed by atoms with van der Waals surface area (Å²) in [7, 11) is 0. The Balaban J connectivity index is 3.22. The van der Waals surface area contributed by atoms with Crippen molar-refractivity contribution in [3.63, 3.8) is 0 Å². The van der Waals surface area contributed by atoms with Gasteiger partial charge in [0.05, 0.1) is 0 Å². The summed E-state index contributed by atoms with van der Waals surface area (Å²) in [5.74, 6) is -5.12. The summed E-state index contributed by atoms with van der Waals surface area (Å²) in [6, 6.07) is 0.820. The molecule has 6 heteroatoms. The van der Waals surface area contributed by atoms with Gasteiger partial charge in [-0.3, -0.25) is 4.79 Å². The Morgan fingerprint density at radius 2 is 1.71 bits per heavy atom. The highest BCUT2D eigenvalue weighted by atomic mass is 79.9. The van der Waals surface area contributed by atoms with E-state index in [4.69, 9.17) is 5.11 Å². The Labute approximate surface area is 85.5 Å². The summed E-state index contributed by atoms with van der Waals surface area (Å²) in [5.41, 5.74) is -0.448. The molecule has 1 N–H and O–H groups in total. The fourth-order valence-electron chi connectivity index (χ4n) is 0.865. The molecule has 0 spiro atoms. The second-order valence-electron chi connectivity index (χ2n) is 2.49. The maximum absolute atomic E-state index is 12.9. The van der Waals surface area contributed by atoms with Gasteiger partial charge < -0.3 is 5.11 Å². The highest BCUT2D eigenvalue weighted by Gasteiger charge is 2.21. The van der Waals surface area contributed by atoms with E-state index in [0.717, 1.165) is 0 Å². The summed E-state index contributed by atoms with van der Waals surface area (Å²) in [6.07, 6.45) is 0. The average Bonchev–Trinajstić information content (AvgIpc) is 2.10.